The highest BCUT2D eigenvalue weighted by Crippen LogP contribution is 2.40. The first-order valence-corrected chi connectivity index (χ1v) is 9.80. The van der Waals surface area contributed by atoms with Gasteiger partial charge in [0.1, 0.15) is 0 Å². The number of allylic oxidation sites excluding steroid dienone is 2. The van der Waals surface area contributed by atoms with Crippen LogP contribution in [0.3, 0.4) is 0 Å². The molecule has 6 heteroatoms. The Morgan fingerprint density at radius 3 is 2.93 bits per heavy atom. The van der Waals surface area contributed by atoms with Crippen molar-refractivity contribution < 1.29 is 14.3 Å². The first-order chi connectivity index (χ1) is 13.1. The van der Waals surface area contributed by atoms with Crippen molar-refractivity contribution in [2.45, 2.75) is 26.2 Å². The lowest BCUT2D eigenvalue weighted by Crippen LogP contribution is -2.43. The van der Waals surface area contributed by atoms with Gasteiger partial charge < -0.3 is 15.0 Å². The van der Waals surface area contributed by atoms with E-state index in [0.717, 1.165) is 19.3 Å². The summed E-state index contributed by atoms with van der Waals surface area (Å²) in [6.45, 7) is 4.46. The number of ether oxygens (including phenoxy) is 1. The molecule has 2 fully saturated rings. The van der Waals surface area contributed by atoms with Gasteiger partial charge in [-0.05, 0) is 37.3 Å². The first kappa shape index (κ1) is 18.2. The minimum absolute atomic E-state index is 0.0428. The number of nitrogens with one attached hydrogen (secondary N) is 1. The van der Waals surface area contributed by atoms with Crippen LogP contribution < -0.4 is 5.32 Å². The van der Waals surface area contributed by atoms with Crippen LogP contribution >= 0.6 is 0 Å². The lowest BCUT2D eigenvalue weighted by molar-refractivity contribution is -0.141. The van der Waals surface area contributed by atoms with E-state index >= 15 is 0 Å². The predicted molar refractivity (Wildman–Crippen MR) is 102 cm³/mol. The van der Waals surface area contributed by atoms with E-state index in [-0.39, 0.29) is 35.0 Å². The molecular weight excluding hydrogens is 342 g/mol. The largest absolute Gasteiger partial charge is 0.380 e. The Balaban J connectivity index is 1.44. The summed E-state index contributed by atoms with van der Waals surface area (Å²) in [6.07, 6.45) is 10.3. The third kappa shape index (κ3) is 3.63. The topological polar surface area (TPSA) is 71.5 Å². The maximum absolute atomic E-state index is 13.2. The standard InChI is InChI=1S/C21H27N3O3/c1-21(7-3-2-4-8-21)20(26)24-11-15-13-27-14-18(17(15)12-24)19(25)23-16-6-5-9-22-10-16/h2-3,5-6,9-10,15,17-18H,4,7-8,11-14H2,1H3,(H,23,25)/t15-,17-,18-,21?/m1/s1. The molecule has 2 saturated heterocycles. The number of pyridine rings is 1. The van der Waals surface area contributed by atoms with Gasteiger partial charge in [0.05, 0.1) is 36.4 Å². The van der Waals surface area contributed by atoms with Gasteiger partial charge in [-0.1, -0.05) is 19.1 Å². The third-order valence-electron chi connectivity index (χ3n) is 6.30. The molecule has 1 unspecified atom stereocenters. The molecule has 1 N–H and O–H groups in total. The summed E-state index contributed by atoms with van der Waals surface area (Å²) in [4.78, 5) is 32.0. The van der Waals surface area contributed by atoms with Gasteiger partial charge >= 0.3 is 0 Å². The molecular formula is C21H27N3O3. The molecule has 4 atom stereocenters. The molecule has 2 aliphatic heterocycles. The molecule has 1 aromatic rings. The number of fused-ring (bicyclic) bond motifs is 1. The van der Waals surface area contributed by atoms with Gasteiger partial charge in [-0.15, -0.1) is 0 Å². The molecule has 0 radical (unpaired) electrons. The first-order valence-electron chi connectivity index (χ1n) is 9.80. The summed E-state index contributed by atoms with van der Waals surface area (Å²) in [5.74, 6) is 0.337. The molecule has 6 nitrogen and oxygen atoms in total. The van der Waals surface area contributed by atoms with Gasteiger partial charge in [-0.3, -0.25) is 14.6 Å². The Bertz CT molecular complexity index is 735. The molecule has 3 aliphatic rings. The summed E-state index contributed by atoms with van der Waals surface area (Å²) in [5, 5.41) is 2.95. The van der Waals surface area contributed by atoms with Crippen LogP contribution in [0.15, 0.2) is 36.7 Å². The molecule has 0 bridgehead atoms. The quantitative estimate of drug-likeness (QED) is 0.831. The zero-order valence-corrected chi connectivity index (χ0v) is 15.8. The molecule has 27 heavy (non-hydrogen) atoms. The van der Waals surface area contributed by atoms with Crippen LogP contribution in [-0.2, 0) is 14.3 Å². The minimum atomic E-state index is -0.309. The number of carbonyl (C=O) groups excluding carboxylic acids is 2. The molecule has 0 saturated carbocycles. The van der Waals surface area contributed by atoms with Crippen LogP contribution in [0, 0.1) is 23.2 Å². The number of hydrogen-bond acceptors (Lipinski definition) is 4. The molecule has 4 rings (SSSR count). The highest BCUT2D eigenvalue weighted by atomic mass is 16.5. The lowest BCUT2D eigenvalue weighted by Gasteiger charge is -2.34. The number of nitrogens with zero attached hydrogens (tertiary/aromatic N) is 2. The van der Waals surface area contributed by atoms with Crippen molar-refractivity contribution in [1.82, 2.24) is 9.88 Å². The number of amides is 2. The minimum Gasteiger partial charge on any atom is -0.380 e. The predicted octanol–water partition coefficient (Wildman–Crippen LogP) is 2.49. The Kier molecular flexibility index (Phi) is 5.00. The van der Waals surface area contributed by atoms with E-state index in [9.17, 15) is 9.59 Å². The SMILES string of the molecule is CC1(C(=O)N2C[C@@H]3COC[C@@H](C(=O)Nc4cccnc4)[C@@H]3C2)CC=CCC1. The Labute approximate surface area is 160 Å². The summed E-state index contributed by atoms with van der Waals surface area (Å²) >= 11 is 0. The van der Waals surface area contributed by atoms with Gasteiger partial charge in [0.2, 0.25) is 11.8 Å². The second kappa shape index (κ2) is 7.43. The van der Waals surface area contributed by atoms with Crippen molar-refractivity contribution in [1.29, 1.82) is 0 Å². The van der Waals surface area contributed by atoms with Crippen LogP contribution in [0.2, 0.25) is 0 Å². The van der Waals surface area contributed by atoms with E-state index in [1.165, 1.54) is 0 Å². The molecule has 2 amide bonds. The summed E-state index contributed by atoms with van der Waals surface area (Å²) in [5.41, 5.74) is 0.383. The van der Waals surface area contributed by atoms with Gasteiger partial charge in [0.15, 0.2) is 0 Å². The maximum atomic E-state index is 13.2. The zero-order valence-electron chi connectivity index (χ0n) is 15.8. The van der Waals surface area contributed by atoms with Gasteiger partial charge in [0.25, 0.3) is 0 Å². The highest BCUT2D eigenvalue weighted by molar-refractivity contribution is 5.93. The monoisotopic (exact) mass is 369 g/mol. The second-order valence-electron chi connectivity index (χ2n) is 8.28. The number of rotatable bonds is 3. The van der Waals surface area contributed by atoms with E-state index in [2.05, 4.69) is 29.4 Å². The van der Waals surface area contributed by atoms with E-state index in [1.54, 1.807) is 18.5 Å². The van der Waals surface area contributed by atoms with Crippen LogP contribution in [0.5, 0.6) is 0 Å². The second-order valence-corrected chi connectivity index (χ2v) is 8.28. The lowest BCUT2D eigenvalue weighted by atomic mass is 9.77. The maximum Gasteiger partial charge on any atom is 0.230 e. The Hall–Kier alpha value is -2.21. The van der Waals surface area contributed by atoms with Crippen molar-refractivity contribution >= 4 is 17.5 Å². The smallest absolute Gasteiger partial charge is 0.230 e. The molecule has 1 aliphatic carbocycles. The van der Waals surface area contributed by atoms with E-state index in [1.807, 2.05) is 11.0 Å². The van der Waals surface area contributed by atoms with Crippen LogP contribution in [0.4, 0.5) is 5.69 Å². The molecule has 3 heterocycles. The average molecular weight is 369 g/mol. The van der Waals surface area contributed by atoms with E-state index in [0.29, 0.717) is 32.0 Å². The normalized spacial score (nSPS) is 32.8. The van der Waals surface area contributed by atoms with E-state index in [4.69, 9.17) is 4.74 Å². The zero-order chi connectivity index (χ0) is 18.9. The number of carbonyl (C=O) groups is 2. The molecule has 0 spiro atoms. The van der Waals surface area contributed by atoms with E-state index < -0.39 is 0 Å². The van der Waals surface area contributed by atoms with Crippen molar-refractivity contribution in [3.05, 3.63) is 36.7 Å². The average Bonchev–Trinajstić information content (AvgIpc) is 3.12. The Morgan fingerprint density at radius 2 is 2.19 bits per heavy atom. The van der Waals surface area contributed by atoms with Gasteiger partial charge in [-0.2, -0.15) is 0 Å². The highest BCUT2D eigenvalue weighted by Gasteiger charge is 2.48. The van der Waals surface area contributed by atoms with Gasteiger partial charge in [-0.25, -0.2) is 0 Å². The molecule has 0 aromatic carbocycles. The fraction of sp³-hybridized carbons (Fsp3) is 0.571. The summed E-state index contributed by atoms with van der Waals surface area (Å²) < 4.78 is 5.73. The summed E-state index contributed by atoms with van der Waals surface area (Å²) in [7, 11) is 0. The van der Waals surface area contributed by atoms with Gasteiger partial charge in [0, 0.05) is 25.2 Å². The number of hydrogen-bond donors (Lipinski definition) is 1. The number of anilines is 1. The summed E-state index contributed by atoms with van der Waals surface area (Å²) in [6, 6.07) is 3.62. The number of likely N-dealkylation sites (tertiary alicyclic amines) is 1. The van der Waals surface area contributed by atoms with Crippen molar-refractivity contribution in [2.75, 3.05) is 31.6 Å². The van der Waals surface area contributed by atoms with Crippen LogP contribution in [0.25, 0.3) is 0 Å². The van der Waals surface area contributed by atoms with Crippen LogP contribution in [0.1, 0.15) is 26.2 Å². The Morgan fingerprint density at radius 1 is 1.30 bits per heavy atom. The van der Waals surface area contributed by atoms with Crippen molar-refractivity contribution in [2.24, 2.45) is 23.2 Å². The fourth-order valence-electron chi connectivity index (χ4n) is 4.65. The van der Waals surface area contributed by atoms with Crippen molar-refractivity contribution in [3.8, 4) is 0 Å². The van der Waals surface area contributed by atoms with Crippen LogP contribution in [-0.4, -0.2) is 48.0 Å². The molecule has 1 aromatic heterocycles. The fourth-order valence-corrected chi connectivity index (χ4v) is 4.65. The number of aromatic nitrogens is 1. The third-order valence-corrected chi connectivity index (χ3v) is 6.30. The van der Waals surface area contributed by atoms with Crippen molar-refractivity contribution in [3.63, 3.8) is 0 Å². The molecule has 144 valence electrons.